The lowest BCUT2D eigenvalue weighted by Gasteiger charge is -2.30. The molecule has 4 heteroatoms. The minimum absolute atomic E-state index is 0.321. The first-order valence-corrected chi connectivity index (χ1v) is 7.22. The maximum absolute atomic E-state index is 11.0. The van der Waals surface area contributed by atoms with Crippen molar-refractivity contribution < 1.29 is 9.90 Å². The van der Waals surface area contributed by atoms with Gasteiger partial charge in [-0.05, 0) is 53.9 Å². The summed E-state index contributed by atoms with van der Waals surface area (Å²) < 4.78 is 0.656. The molecule has 0 amide bonds. The second-order valence-corrected chi connectivity index (χ2v) is 5.55. The van der Waals surface area contributed by atoms with Gasteiger partial charge in [0.25, 0.3) is 0 Å². The fraction of sp³-hybridized carbons (Fsp3) is 0.500. The van der Waals surface area contributed by atoms with Crippen LogP contribution in [0.15, 0.2) is 22.7 Å². The molecule has 0 aliphatic heterocycles. The lowest BCUT2D eigenvalue weighted by atomic mass is 10.1. The van der Waals surface area contributed by atoms with Crippen LogP contribution in [0.4, 0.5) is 5.69 Å². The first-order valence-electron chi connectivity index (χ1n) is 6.43. The normalized spacial score (nSPS) is 15.9. The van der Waals surface area contributed by atoms with Gasteiger partial charge >= 0.3 is 5.97 Å². The number of anilines is 1. The van der Waals surface area contributed by atoms with Crippen molar-refractivity contribution in [2.75, 3.05) is 11.4 Å². The highest BCUT2D eigenvalue weighted by molar-refractivity contribution is 9.10. The third-order valence-corrected chi connectivity index (χ3v) is 4.28. The first kappa shape index (κ1) is 13.4. The maximum Gasteiger partial charge on any atom is 0.336 e. The molecule has 3 nitrogen and oxygen atoms in total. The van der Waals surface area contributed by atoms with Crippen LogP contribution in [-0.2, 0) is 0 Å². The zero-order valence-corrected chi connectivity index (χ0v) is 12.1. The van der Waals surface area contributed by atoms with E-state index in [2.05, 4.69) is 27.8 Å². The van der Waals surface area contributed by atoms with Gasteiger partial charge in [-0.25, -0.2) is 4.79 Å². The Morgan fingerprint density at radius 3 is 2.61 bits per heavy atom. The van der Waals surface area contributed by atoms with E-state index in [1.54, 1.807) is 6.07 Å². The number of rotatable bonds is 4. The summed E-state index contributed by atoms with van der Waals surface area (Å²) in [5, 5.41) is 9.02. The summed E-state index contributed by atoms with van der Waals surface area (Å²) in [5.41, 5.74) is 1.43. The van der Waals surface area contributed by atoms with E-state index in [0.717, 1.165) is 12.2 Å². The van der Waals surface area contributed by atoms with Crippen LogP contribution in [0, 0.1) is 0 Å². The highest BCUT2D eigenvalue weighted by Crippen LogP contribution is 2.30. The summed E-state index contributed by atoms with van der Waals surface area (Å²) >= 11 is 3.35. The summed E-state index contributed by atoms with van der Waals surface area (Å²) in [4.78, 5) is 13.4. The van der Waals surface area contributed by atoms with E-state index < -0.39 is 5.97 Å². The average Bonchev–Trinajstić information content (AvgIpc) is 2.83. The SMILES string of the molecule is CCN(c1ccc(C(=O)O)c(Br)c1)C1CCCC1. The maximum atomic E-state index is 11.0. The summed E-state index contributed by atoms with van der Waals surface area (Å²) in [7, 11) is 0. The van der Waals surface area contributed by atoms with E-state index >= 15 is 0 Å². The fourth-order valence-electron chi connectivity index (χ4n) is 2.72. The van der Waals surface area contributed by atoms with Gasteiger partial charge in [0.15, 0.2) is 0 Å². The van der Waals surface area contributed by atoms with Crippen molar-refractivity contribution in [3.05, 3.63) is 28.2 Å². The van der Waals surface area contributed by atoms with Crippen LogP contribution in [-0.4, -0.2) is 23.7 Å². The van der Waals surface area contributed by atoms with Crippen LogP contribution in [0.1, 0.15) is 43.0 Å². The molecular formula is C14H18BrNO2. The Kier molecular flexibility index (Phi) is 4.27. The molecule has 1 aliphatic rings. The van der Waals surface area contributed by atoms with Gasteiger partial charge in [0.05, 0.1) is 5.56 Å². The molecular weight excluding hydrogens is 294 g/mol. The molecule has 98 valence electrons. The number of carboxylic acid groups (broad SMARTS) is 1. The minimum Gasteiger partial charge on any atom is -0.478 e. The smallest absolute Gasteiger partial charge is 0.336 e. The Hall–Kier alpha value is -1.03. The van der Waals surface area contributed by atoms with Crippen molar-refractivity contribution in [1.82, 2.24) is 0 Å². The number of hydrogen-bond donors (Lipinski definition) is 1. The molecule has 0 aromatic heterocycles. The van der Waals surface area contributed by atoms with E-state index in [4.69, 9.17) is 5.11 Å². The number of aromatic carboxylic acids is 1. The average molecular weight is 312 g/mol. The second kappa shape index (κ2) is 5.74. The molecule has 1 fully saturated rings. The number of hydrogen-bond acceptors (Lipinski definition) is 2. The largest absolute Gasteiger partial charge is 0.478 e. The van der Waals surface area contributed by atoms with Crippen LogP contribution < -0.4 is 4.90 Å². The van der Waals surface area contributed by atoms with Crippen molar-refractivity contribution >= 4 is 27.6 Å². The molecule has 1 N–H and O–H groups in total. The summed E-state index contributed by atoms with van der Waals surface area (Å²) in [6.45, 7) is 3.11. The lowest BCUT2D eigenvalue weighted by molar-refractivity contribution is 0.0696. The van der Waals surface area contributed by atoms with Crippen LogP contribution in [0.5, 0.6) is 0 Å². The molecule has 0 bridgehead atoms. The monoisotopic (exact) mass is 311 g/mol. The zero-order chi connectivity index (χ0) is 13.1. The highest BCUT2D eigenvalue weighted by atomic mass is 79.9. The molecule has 1 saturated carbocycles. The summed E-state index contributed by atoms with van der Waals surface area (Å²) in [5.74, 6) is -0.891. The zero-order valence-electron chi connectivity index (χ0n) is 10.5. The number of carboxylic acids is 1. The van der Waals surface area contributed by atoms with Gasteiger partial charge in [0.2, 0.25) is 0 Å². The van der Waals surface area contributed by atoms with Crippen molar-refractivity contribution in [3.8, 4) is 0 Å². The van der Waals surface area contributed by atoms with Crippen molar-refractivity contribution in [1.29, 1.82) is 0 Å². The van der Waals surface area contributed by atoms with Crippen molar-refractivity contribution in [2.24, 2.45) is 0 Å². The van der Waals surface area contributed by atoms with Crippen LogP contribution >= 0.6 is 15.9 Å². The molecule has 18 heavy (non-hydrogen) atoms. The Bertz CT molecular complexity index is 441. The molecule has 0 spiro atoms. The third-order valence-electron chi connectivity index (χ3n) is 3.62. The Balaban J connectivity index is 2.26. The van der Waals surface area contributed by atoms with Gasteiger partial charge in [0, 0.05) is 22.7 Å². The topological polar surface area (TPSA) is 40.5 Å². The first-order chi connectivity index (χ1) is 8.63. The van der Waals surface area contributed by atoms with Crippen molar-refractivity contribution in [3.63, 3.8) is 0 Å². The lowest BCUT2D eigenvalue weighted by Crippen LogP contribution is -2.32. The molecule has 0 heterocycles. The molecule has 1 aromatic carbocycles. The van der Waals surface area contributed by atoms with E-state index in [-0.39, 0.29) is 0 Å². The van der Waals surface area contributed by atoms with Gasteiger partial charge in [0.1, 0.15) is 0 Å². The van der Waals surface area contributed by atoms with Crippen molar-refractivity contribution in [2.45, 2.75) is 38.6 Å². The molecule has 0 saturated heterocycles. The van der Waals surface area contributed by atoms with Crippen LogP contribution in [0.3, 0.4) is 0 Å². The van der Waals surface area contributed by atoms with Gasteiger partial charge < -0.3 is 10.0 Å². The van der Waals surface area contributed by atoms with Crippen LogP contribution in [0.2, 0.25) is 0 Å². The molecule has 2 rings (SSSR count). The minimum atomic E-state index is -0.891. The third kappa shape index (κ3) is 2.69. The van der Waals surface area contributed by atoms with Crippen LogP contribution in [0.25, 0.3) is 0 Å². The van der Waals surface area contributed by atoms with E-state index in [1.165, 1.54) is 25.7 Å². The Morgan fingerprint density at radius 2 is 2.11 bits per heavy atom. The number of carbonyl (C=O) groups is 1. The highest BCUT2D eigenvalue weighted by Gasteiger charge is 2.22. The molecule has 0 unspecified atom stereocenters. The fourth-order valence-corrected chi connectivity index (χ4v) is 3.26. The Labute approximate surface area is 116 Å². The molecule has 0 radical (unpaired) electrons. The standard InChI is InChI=1S/C14H18BrNO2/c1-2-16(10-5-3-4-6-10)11-7-8-12(14(17)18)13(15)9-11/h7-10H,2-6H2,1H3,(H,17,18). The number of nitrogens with zero attached hydrogens (tertiary/aromatic N) is 1. The number of halogens is 1. The second-order valence-electron chi connectivity index (χ2n) is 4.69. The number of benzene rings is 1. The predicted molar refractivity (Wildman–Crippen MR) is 76.4 cm³/mol. The van der Waals surface area contributed by atoms with E-state index in [1.807, 2.05) is 12.1 Å². The molecule has 1 aliphatic carbocycles. The molecule has 1 aromatic rings. The summed E-state index contributed by atoms with van der Waals surface area (Å²) in [6.07, 6.45) is 5.09. The molecule has 0 atom stereocenters. The van der Waals surface area contributed by atoms with Gasteiger partial charge in [-0.1, -0.05) is 12.8 Å². The van der Waals surface area contributed by atoms with Gasteiger partial charge in [-0.3, -0.25) is 0 Å². The van der Waals surface area contributed by atoms with E-state index in [9.17, 15) is 4.79 Å². The van der Waals surface area contributed by atoms with Gasteiger partial charge in [-0.2, -0.15) is 0 Å². The Morgan fingerprint density at radius 1 is 1.44 bits per heavy atom. The predicted octanol–water partition coefficient (Wildman–Crippen LogP) is 3.92. The quantitative estimate of drug-likeness (QED) is 0.916. The van der Waals surface area contributed by atoms with Gasteiger partial charge in [-0.15, -0.1) is 0 Å². The summed E-state index contributed by atoms with van der Waals surface area (Å²) in [6, 6.07) is 6.12. The van der Waals surface area contributed by atoms with E-state index in [0.29, 0.717) is 16.1 Å².